The summed E-state index contributed by atoms with van der Waals surface area (Å²) >= 11 is 0. The van der Waals surface area contributed by atoms with Crippen LogP contribution in [-0.4, -0.2) is 49.3 Å². The zero-order chi connectivity index (χ0) is 21.0. The number of sulfonamides is 1. The van der Waals surface area contributed by atoms with Crippen LogP contribution in [0.3, 0.4) is 0 Å². The molecule has 158 valence electrons. The third kappa shape index (κ3) is 5.10. The summed E-state index contributed by atoms with van der Waals surface area (Å²) < 4.78 is 33.9. The Kier molecular flexibility index (Phi) is 6.82. The average molecular weight is 419 g/mol. The van der Waals surface area contributed by atoms with Crippen molar-refractivity contribution in [1.29, 1.82) is 0 Å². The van der Waals surface area contributed by atoms with Gasteiger partial charge in [-0.1, -0.05) is 12.1 Å². The Morgan fingerprint density at radius 2 is 1.76 bits per heavy atom. The second-order valence-corrected chi connectivity index (χ2v) is 9.65. The van der Waals surface area contributed by atoms with Gasteiger partial charge in [-0.3, -0.25) is 0 Å². The maximum atomic E-state index is 12.9. The molecule has 0 radical (unpaired) electrons. The van der Waals surface area contributed by atoms with E-state index in [2.05, 4.69) is 33.9 Å². The quantitative estimate of drug-likeness (QED) is 0.686. The monoisotopic (exact) mass is 418 g/mol. The smallest absolute Gasteiger partial charge is 0.240 e. The van der Waals surface area contributed by atoms with Crippen LogP contribution in [0.5, 0.6) is 5.75 Å². The normalized spacial score (nSPS) is 16.0. The Hall–Kier alpha value is -2.09. The Bertz CT molecular complexity index is 921. The first-order valence-electron chi connectivity index (χ1n) is 10.1. The van der Waals surface area contributed by atoms with Crippen LogP contribution in [0.25, 0.3) is 0 Å². The summed E-state index contributed by atoms with van der Waals surface area (Å²) in [4.78, 5) is 3.78. The Morgan fingerprint density at radius 1 is 1.10 bits per heavy atom. The van der Waals surface area contributed by atoms with Crippen molar-refractivity contribution in [2.45, 2.75) is 30.7 Å². The topological polar surface area (TPSA) is 63.1 Å². The van der Waals surface area contributed by atoms with Crippen molar-refractivity contribution in [2.75, 3.05) is 45.7 Å². The van der Waals surface area contributed by atoms with Crippen LogP contribution in [0, 0.1) is 6.92 Å². The highest BCUT2D eigenvalue weighted by molar-refractivity contribution is 7.89. The SMILES string of the molecule is COc1ccc(S(=O)(=O)NC[C@H](c2ccc(N(C)C)cc2)[NH+]2CCCC2)cc1C. The molecule has 3 rings (SSSR count). The zero-order valence-electron chi connectivity index (χ0n) is 17.7. The van der Waals surface area contributed by atoms with E-state index in [1.807, 2.05) is 21.0 Å². The molecule has 0 unspecified atom stereocenters. The number of likely N-dealkylation sites (tertiary alicyclic amines) is 1. The number of anilines is 1. The van der Waals surface area contributed by atoms with Crippen LogP contribution in [0.2, 0.25) is 0 Å². The fourth-order valence-electron chi connectivity index (χ4n) is 3.97. The molecule has 0 bridgehead atoms. The molecule has 1 fully saturated rings. The summed E-state index contributed by atoms with van der Waals surface area (Å²) in [5, 5.41) is 0. The first-order valence-corrected chi connectivity index (χ1v) is 11.6. The van der Waals surface area contributed by atoms with Gasteiger partial charge in [-0.25, -0.2) is 13.1 Å². The molecule has 2 aromatic rings. The van der Waals surface area contributed by atoms with Gasteiger partial charge in [-0.2, -0.15) is 0 Å². The van der Waals surface area contributed by atoms with Gasteiger partial charge in [-0.15, -0.1) is 0 Å². The van der Waals surface area contributed by atoms with Gasteiger partial charge in [0.1, 0.15) is 11.8 Å². The molecule has 0 spiro atoms. The van der Waals surface area contributed by atoms with E-state index in [-0.39, 0.29) is 10.9 Å². The van der Waals surface area contributed by atoms with Crippen LogP contribution in [0.15, 0.2) is 47.4 Å². The first-order chi connectivity index (χ1) is 13.8. The standard InChI is InChI=1S/C22H31N3O3S/c1-17-15-20(11-12-22(17)28-4)29(26,27)23-16-21(25-13-5-6-14-25)18-7-9-19(10-8-18)24(2)3/h7-12,15,21,23H,5-6,13-14,16H2,1-4H3/p+1/t21-/m1/s1. The van der Waals surface area contributed by atoms with Crippen LogP contribution < -0.4 is 19.3 Å². The van der Waals surface area contributed by atoms with E-state index in [1.165, 1.54) is 23.3 Å². The number of rotatable bonds is 8. The summed E-state index contributed by atoms with van der Waals surface area (Å²) in [5.41, 5.74) is 3.11. The van der Waals surface area contributed by atoms with Crippen LogP contribution in [-0.2, 0) is 10.0 Å². The Balaban J connectivity index is 1.80. The molecule has 0 aromatic heterocycles. The van der Waals surface area contributed by atoms with Gasteiger partial charge in [0.25, 0.3) is 0 Å². The fraction of sp³-hybridized carbons (Fsp3) is 0.455. The van der Waals surface area contributed by atoms with Gasteiger partial charge in [0.05, 0.1) is 31.6 Å². The van der Waals surface area contributed by atoms with E-state index >= 15 is 0 Å². The minimum absolute atomic E-state index is 0.0998. The molecule has 0 amide bonds. The van der Waals surface area contributed by atoms with Crippen molar-refractivity contribution < 1.29 is 18.1 Å². The molecule has 1 atom stereocenters. The second-order valence-electron chi connectivity index (χ2n) is 7.89. The largest absolute Gasteiger partial charge is 0.496 e. The van der Waals surface area contributed by atoms with Gasteiger partial charge in [-0.05, 0) is 42.8 Å². The summed E-state index contributed by atoms with van der Waals surface area (Å²) in [6.07, 6.45) is 2.37. The minimum atomic E-state index is -3.59. The second kappa shape index (κ2) is 9.15. The molecule has 0 saturated carbocycles. The fourth-order valence-corrected chi connectivity index (χ4v) is 5.11. The van der Waals surface area contributed by atoms with E-state index in [0.29, 0.717) is 12.3 Å². The number of ether oxygens (including phenoxy) is 1. The van der Waals surface area contributed by atoms with Crippen molar-refractivity contribution in [1.82, 2.24) is 4.72 Å². The average Bonchev–Trinajstić information content (AvgIpc) is 3.23. The summed E-state index contributed by atoms with van der Waals surface area (Å²) in [6.45, 7) is 4.37. The van der Waals surface area contributed by atoms with Crippen molar-refractivity contribution in [2.24, 2.45) is 0 Å². The molecular weight excluding hydrogens is 386 g/mol. The number of benzene rings is 2. The van der Waals surface area contributed by atoms with Gasteiger partial charge >= 0.3 is 0 Å². The zero-order valence-corrected chi connectivity index (χ0v) is 18.6. The third-order valence-electron chi connectivity index (χ3n) is 5.70. The highest BCUT2D eigenvalue weighted by atomic mass is 32.2. The minimum Gasteiger partial charge on any atom is -0.496 e. The Labute approximate surface area is 174 Å². The first kappa shape index (κ1) is 21.6. The molecule has 1 saturated heterocycles. The van der Waals surface area contributed by atoms with Crippen molar-refractivity contribution >= 4 is 15.7 Å². The van der Waals surface area contributed by atoms with E-state index < -0.39 is 10.0 Å². The molecule has 2 N–H and O–H groups in total. The van der Waals surface area contributed by atoms with Gasteiger partial charge < -0.3 is 14.5 Å². The van der Waals surface area contributed by atoms with E-state index in [1.54, 1.807) is 25.3 Å². The van der Waals surface area contributed by atoms with Crippen molar-refractivity contribution in [3.05, 3.63) is 53.6 Å². The summed E-state index contributed by atoms with van der Waals surface area (Å²) in [7, 11) is 2.03. The maximum absolute atomic E-state index is 12.9. The summed E-state index contributed by atoms with van der Waals surface area (Å²) in [5.74, 6) is 0.685. The number of methoxy groups -OCH3 is 1. The molecular formula is C22H32N3O3S+. The number of nitrogens with one attached hydrogen (secondary N) is 2. The van der Waals surface area contributed by atoms with E-state index in [0.717, 1.165) is 24.3 Å². The van der Waals surface area contributed by atoms with Crippen LogP contribution >= 0.6 is 0 Å². The summed E-state index contributed by atoms with van der Waals surface area (Å²) in [6, 6.07) is 13.5. The highest BCUT2D eigenvalue weighted by Gasteiger charge is 2.29. The maximum Gasteiger partial charge on any atom is 0.240 e. The van der Waals surface area contributed by atoms with E-state index in [4.69, 9.17) is 4.74 Å². The number of nitrogens with zero attached hydrogens (tertiary/aromatic N) is 1. The van der Waals surface area contributed by atoms with E-state index in [9.17, 15) is 8.42 Å². The molecule has 1 heterocycles. The third-order valence-corrected chi connectivity index (χ3v) is 7.13. The number of quaternary nitrogens is 1. The molecule has 29 heavy (non-hydrogen) atoms. The van der Waals surface area contributed by atoms with Crippen LogP contribution in [0.1, 0.15) is 30.0 Å². The van der Waals surface area contributed by atoms with Crippen molar-refractivity contribution in [3.63, 3.8) is 0 Å². The molecule has 7 heteroatoms. The molecule has 2 aromatic carbocycles. The highest BCUT2D eigenvalue weighted by Crippen LogP contribution is 2.22. The molecule has 1 aliphatic heterocycles. The number of hydrogen-bond acceptors (Lipinski definition) is 4. The molecule has 1 aliphatic rings. The predicted molar refractivity (Wildman–Crippen MR) is 116 cm³/mol. The lowest BCUT2D eigenvalue weighted by atomic mass is 10.1. The van der Waals surface area contributed by atoms with Gasteiger partial charge in [0, 0.05) is 38.2 Å². The molecule has 6 nitrogen and oxygen atoms in total. The van der Waals surface area contributed by atoms with Gasteiger partial charge in [0.2, 0.25) is 10.0 Å². The predicted octanol–water partition coefficient (Wildman–Crippen LogP) is 1.77. The lowest BCUT2D eigenvalue weighted by Crippen LogP contribution is -3.11. The number of aryl methyl sites for hydroxylation is 1. The number of hydrogen-bond donors (Lipinski definition) is 2. The van der Waals surface area contributed by atoms with Gasteiger partial charge in [0.15, 0.2) is 0 Å². The van der Waals surface area contributed by atoms with Crippen LogP contribution in [0.4, 0.5) is 5.69 Å². The van der Waals surface area contributed by atoms with Crippen molar-refractivity contribution in [3.8, 4) is 5.75 Å². The molecule has 0 aliphatic carbocycles. The lowest BCUT2D eigenvalue weighted by molar-refractivity contribution is -0.918. The Morgan fingerprint density at radius 3 is 2.31 bits per heavy atom. The lowest BCUT2D eigenvalue weighted by Gasteiger charge is -2.26.